The monoisotopic (exact) mass is 464 g/mol. The molecule has 0 radical (unpaired) electrons. The van der Waals surface area contributed by atoms with Crippen LogP contribution in [0, 0.1) is 6.92 Å². The van der Waals surface area contributed by atoms with E-state index in [1.54, 1.807) is 29.9 Å². The topological polar surface area (TPSA) is 111 Å². The van der Waals surface area contributed by atoms with E-state index in [9.17, 15) is 22.8 Å². The lowest BCUT2D eigenvalue weighted by atomic mass is 10.1. The number of aryl methyl sites for hydroxylation is 1. The smallest absolute Gasteiger partial charge is 0.422 e. The van der Waals surface area contributed by atoms with Gasteiger partial charge in [0, 0.05) is 32.4 Å². The lowest BCUT2D eigenvalue weighted by Gasteiger charge is -2.15. The molecule has 0 bridgehead atoms. The lowest BCUT2D eigenvalue weighted by Crippen LogP contribution is -2.34. The molecule has 0 aliphatic heterocycles. The van der Waals surface area contributed by atoms with Crippen molar-refractivity contribution in [2.45, 2.75) is 33.0 Å². The van der Waals surface area contributed by atoms with Crippen molar-refractivity contribution in [1.82, 2.24) is 30.4 Å². The fourth-order valence-corrected chi connectivity index (χ4v) is 3.08. The SMILES string of the molecule is CC(=O)NCCNC(=O)c1nccc2nn(C(C)c3cc(C)c(OCC(F)(F)F)cn3)cc12. The first kappa shape index (κ1) is 24.0. The molecule has 2 amide bonds. The average molecular weight is 464 g/mol. The van der Waals surface area contributed by atoms with Crippen LogP contribution in [-0.2, 0) is 4.79 Å². The van der Waals surface area contributed by atoms with E-state index >= 15 is 0 Å². The van der Waals surface area contributed by atoms with Crippen molar-refractivity contribution in [3.05, 3.63) is 47.7 Å². The van der Waals surface area contributed by atoms with Gasteiger partial charge in [-0.05, 0) is 31.5 Å². The number of nitrogens with one attached hydrogen (secondary N) is 2. The highest BCUT2D eigenvalue weighted by Crippen LogP contribution is 2.26. The van der Waals surface area contributed by atoms with Crippen LogP contribution in [0.2, 0.25) is 0 Å². The van der Waals surface area contributed by atoms with Crippen LogP contribution in [-0.4, -0.2) is 57.4 Å². The summed E-state index contributed by atoms with van der Waals surface area (Å²) in [5.74, 6) is -0.543. The summed E-state index contributed by atoms with van der Waals surface area (Å²) in [5, 5.41) is 10.3. The minimum Gasteiger partial charge on any atom is -0.482 e. The van der Waals surface area contributed by atoms with Gasteiger partial charge in [0.15, 0.2) is 6.61 Å². The van der Waals surface area contributed by atoms with E-state index in [1.807, 2.05) is 6.92 Å². The van der Waals surface area contributed by atoms with Gasteiger partial charge in [-0.1, -0.05) is 0 Å². The summed E-state index contributed by atoms with van der Waals surface area (Å²) in [7, 11) is 0. The van der Waals surface area contributed by atoms with Crippen molar-refractivity contribution in [1.29, 1.82) is 0 Å². The Morgan fingerprint density at radius 3 is 2.61 bits per heavy atom. The van der Waals surface area contributed by atoms with Crippen molar-refractivity contribution in [2.75, 3.05) is 19.7 Å². The molecule has 0 saturated heterocycles. The number of ether oxygens (including phenoxy) is 1. The molecule has 3 rings (SSSR count). The Bertz CT molecular complexity index is 1160. The second kappa shape index (κ2) is 9.84. The van der Waals surface area contributed by atoms with E-state index in [2.05, 4.69) is 25.7 Å². The Morgan fingerprint density at radius 2 is 1.94 bits per heavy atom. The molecule has 12 heteroatoms. The van der Waals surface area contributed by atoms with E-state index in [1.165, 1.54) is 19.3 Å². The van der Waals surface area contributed by atoms with Crippen LogP contribution < -0.4 is 15.4 Å². The van der Waals surface area contributed by atoms with Crippen LogP contribution in [0.1, 0.15) is 41.6 Å². The third kappa shape index (κ3) is 6.18. The maximum atomic E-state index is 12.5. The maximum absolute atomic E-state index is 12.5. The molecule has 0 saturated carbocycles. The van der Waals surface area contributed by atoms with E-state index in [-0.39, 0.29) is 29.9 Å². The molecule has 0 aromatic carbocycles. The van der Waals surface area contributed by atoms with E-state index < -0.39 is 18.7 Å². The van der Waals surface area contributed by atoms with Gasteiger partial charge < -0.3 is 15.4 Å². The summed E-state index contributed by atoms with van der Waals surface area (Å²) in [6, 6.07) is 2.93. The van der Waals surface area contributed by atoms with Crippen molar-refractivity contribution in [2.24, 2.45) is 0 Å². The second-order valence-electron chi connectivity index (χ2n) is 7.39. The molecule has 0 fully saturated rings. The number of aromatic nitrogens is 4. The normalized spacial score (nSPS) is 12.4. The second-order valence-corrected chi connectivity index (χ2v) is 7.39. The Labute approximate surface area is 187 Å². The van der Waals surface area contributed by atoms with Crippen molar-refractivity contribution in [3.63, 3.8) is 0 Å². The maximum Gasteiger partial charge on any atom is 0.422 e. The number of nitrogens with zero attached hydrogens (tertiary/aromatic N) is 4. The summed E-state index contributed by atoms with van der Waals surface area (Å²) in [4.78, 5) is 31.8. The molecular weight excluding hydrogens is 441 g/mol. The molecule has 3 aromatic heterocycles. The molecule has 1 unspecified atom stereocenters. The highest BCUT2D eigenvalue weighted by molar-refractivity contribution is 6.04. The van der Waals surface area contributed by atoms with Gasteiger partial charge >= 0.3 is 6.18 Å². The quantitative estimate of drug-likeness (QED) is 0.496. The van der Waals surface area contributed by atoms with Crippen LogP contribution in [0.3, 0.4) is 0 Å². The number of carbonyl (C=O) groups is 2. The summed E-state index contributed by atoms with van der Waals surface area (Å²) >= 11 is 0. The molecule has 9 nitrogen and oxygen atoms in total. The Balaban J connectivity index is 1.77. The third-order valence-electron chi connectivity index (χ3n) is 4.75. The van der Waals surface area contributed by atoms with Gasteiger partial charge in [0.25, 0.3) is 5.91 Å². The van der Waals surface area contributed by atoms with E-state index in [0.29, 0.717) is 28.7 Å². The van der Waals surface area contributed by atoms with Gasteiger partial charge in [-0.2, -0.15) is 18.3 Å². The van der Waals surface area contributed by atoms with Crippen LogP contribution in [0.15, 0.2) is 30.7 Å². The third-order valence-corrected chi connectivity index (χ3v) is 4.75. The fraction of sp³-hybridized carbons (Fsp3) is 0.381. The van der Waals surface area contributed by atoms with Gasteiger partial charge in [0.1, 0.15) is 11.4 Å². The molecule has 33 heavy (non-hydrogen) atoms. The summed E-state index contributed by atoms with van der Waals surface area (Å²) in [6.07, 6.45) is -0.0375. The predicted molar refractivity (Wildman–Crippen MR) is 113 cm³/mol. The zero-order chi connectivity index (χ0) is 24.2. The number of halogens is 3. The van der Waals surface area contributed by atoms with Gasteiger partial charge in [-0.3, -0.25) is 24.2 Å². The van der Waals surface area contributed by atoms with E-state index in [4.69, 9.17) is 4.74 Å². The molecular formula is C21H23F3N6O3. The Morgan fingerprint density at radius 1 is 1.21 bits per heavy atom. The minimum absolute atomic E-state index is 0.0521. The standard InChI is InChI=1S/C21H23F3N6O3/c1-12-8-17(28-9-18(12)33-11-21(22,23)24)13(2)30-10-15-16(29-30)4-5-26-19(15)20(32)27-7-6-25-14(3)31/h4-5,8-10,13H,6-7,11H2,1-3H3,(H,25,31)(H,27,32). The van der Waals surface area contributed by atoms with Gasteiger partial charge in [-0.25, -0.2) is 0 Å². The molecule has 3 aromatic rings. The number of carbonyl (C=O) groups excluding carboxylic acids is 2. The summed E-state index contributed by atoms with van der Waals surface area (Å²) in [5.41, 5.74) is 1.81. The van der Waals surface area contributed by atoms with E-state index in [0.717, 1.165) is 0 Å². The number of alkyl halides is 3. The minimum atomic E-state index is -4.43. The number of amides is 2. The zero-order valence-corrected chi connectivity index (χ0v) is 18.2. The zero-order valence-electron chi connectivity index (χ0n) is 18.2. The van der Waals surface area contributed by atoms with Gasteiger partial charge in [-0.15, -0.1) is 0 Å². The van der Waals surface area contributed by atoms with Crippen LogP contribution in [0.25, 0.3) is 10.9 Å². The number of pyridine rings is 2. The van der Waals surface area contributed by atoms with Crippen molar-refractivity contribution in [3.8, 4) is 5.75 Å². The highest BCUT2D eigenvalue weighted by Gasteiger charge is 2.29. The van der Waals surface area contributed by atoms with Gasteiger partial charge in [0.2, 0.25) is 5.91 Å². The Kier molecular flexibility index (Phi) is 7.14. The lowest BCUT2D eigenvalue weighted by molar-refractivity contribution is -0.153. The average Bonchev–Trinajstić information content (AvgIpc) is 3.18. The molecule has 0 spiro atoms. The molecule has 176 valence electrons. The van der Waals surface area contributed by atoms with Crippen LogP contribution in [0.4, 0.5) is 13.2 Å². The molecule has 0 aliphatic rings. The number of hydrogen-bond acceptors (Lipinski definition) is 6. The fourth-order valence-electron chi connectivity index (χ4n) is 3.08. The Hall–Kier alpha value is -3.70. The molecule has 1 atom stereocenters. The number of fused-ring (bicyclic) bond motifs is 1. The number of rotatable bonds is 8. The molecule has 3 heterocycles. The first-order valence-electron chi connectivity index (χ1n) is 10.1. The summed E-state index contributed by atoms with van der Waals surface area (Å²) < 4.78 is 43.6. The highest BCUT2D eigenvalue weighted by atomic mass is 19.4. The van der Waals surface area contributed by atoms with Crippen molar-refractivity contribution < 1.29 is 27.5 Å². The first-order chi connectivity index (χ1) is 15.5. The van der Waals surface area contributed by atoms with Gasteiger partial charge in [0.05, 0.1) is 28.8 Å². The predicted octanol–water partition coefficient (Wildman–Crippen LogP) is 2.55. The first-order valence-corrected chi connectivity index (χ1v) is 10.1. The molecule has 0 aliphatic carbocycles. The van der Waals surface area contributed by atoms with Crippen LogP contribution >= 0.6 is 0 Å². The molecule has 2 N–H and O–H groups in total. The summed E-state index contributed by atoms with van der Waals surface area (Å²) in [6.45, 7) is 3.99. The van der Waals surface area contributed by atoms with Crippen molar-refractivity contribution >= 4 is 22.7 Å². The van der Waals surface area contributed by atoms with Crippen LogP contribution in [0.5, 0.6) is 5.75 Å². The largest absolute Gasteiger partial charge is 0.482 e. The number of hydrogen-bond donors (Lipinski definition) is 2.